The van der Waals surface area contributed by atoms with Gasteiger partial charge in [-0.3, -0.25) is 9.59 Å². The molecule has 0 spiro atoms. The molecule has 404 valence electrons. The molecule has 0 radical (unpaired) electrons. The molecule has 8 unspecified atom stereocenters. The third kappa shape index (κ3) is 35.6. The van der Waals surface area contributed by atoms with Gasteiger partial charge in [-0.15, -0.1) is 0 Å². The normalized spacial score (nSPS) is 20.0. The summed E-state index contributed by atoms with van der Waals surface area (Å²) >= 11 is 0. The first-order valence-electron chi connectivity index (χ1n) is 28.8. The first kappa shape index (κ1) is 64.9. The van der Waals surface area contributed by atoms with E-state index in [-0.39, 0.29) is 19.4 Å². The predicted molar refractivity (Wildman–Crippen MR) is 283 cm³/mol. The average molecular weight is 978 g/mol. The van der Waals surface area contributed by atoms with E-state index in [9.17, 15) is 35.1 Å². The van der Waals surface area contributed by atoms with Crippen molar-refractivity contribution in [2.75, 3.05) is 13.2 Å². The van der Waals surface area contributed by atoms with E-state index < -0.39 is 67.4 Å². The largest absolute Gasteiger partial charge is 0.454 e. The molecule has 0 aliphatic carbocycles. The number of rotatable bonds is 48. The van der Waals surface area contributed by atoms with Crippen LogP contribution in [0.3, 0.4) is 0 Å². The fraction of sp³-hybridized carbons (Fsp3) is 0.862. The van der Waals surface area contributed by atoms with Crippen molar-refractivity contribution in [3.63, 3.8) is 0 Å². The molecule has 1 fully saturated rings. The highest BCUT2D eigenvalue weighted by Crippen LogP contribution is 2.26. The Morgan fingerprint density at radius 1 is 0.580 bits per heavy atom. The Labute approximate surface area is 422 Å². The van der Waals surface area contributed by atoms with E-state index >= 15 is 0 Å². The van der Waals surface area contributed by atoms with Crippen LogP contribution in [-0.4, -0.2) is 99.6 Å². The lowest BCUT2D eigenvalue weighted by molar-refractivity contribution is -0.305. The number of unbranched alkanes of at least 4 members (excludes halogenated alkanes) is 30. The van der Waals surface area contributed by atoms with Gasteiger partial charge in [0.25, 0.3) is 0 Å². The number of amides is 1. The summed E-state index contributed by atoms with van der Waals surface area (Å²) in [4.78, 5) is 26.4. The molecule has 0 aromatic heterocycles. The lowest BCUT2D eigenvalue weighted by Gasteiger charge is -2.41. The van der Waals surface area contributed by atoms with Gasteiger partial charge in [0.1, 0.15) is 24.4 Å². The van der Waals surface area contributed by atoms with E-state index in [1.165, 1.54) is 122 Å². The molecule has 0 aromatic rings. The minimum Gasteiger partial charge on any atom is -0.454 e. The zero-order chi connectivity index (χ0) is 50.4. The van der Waals surface area contributed by atoms with E-state index in [2.05, 4.69) is 50.4 Å². The fourth-order valence-electron chi connectivity index (χ4n) is 8.98. The Balaban J connectivity index is 2.73. The second kappa shape index (κ2) is 46.9. The number of nitrogens with one attached hydrogen (secondary N) is 1. The number of ether oxygens (including phenoxy) is 3. The highest BCUT2D eigenvalue weighted by Gasteiger charge is 2.47. The molecule has 0 saturated carbocycles. The summed E-state index contributed by atoms with van der Waals surface area (Å²) in [7, 11) is 0. The van der Waals surface area contributed by atoms with Crippen LogP contribution in [0.5, 0.6) is 0 Å². The molecule has 1 aliphatic rings. The van der Waals surface area contributed by atoms with Gasteiger partial charge in [0.2, 0.25) is 5.91 Å². The quantitative estimate of drug-likeness (QED) is 0.0196. The van der Waals surface area contributed by atoms with E-state index in [0.717, 1.165) is 89.9 Å². The number of carbonyl (C=O) groups excluding carboxylic acids is 2. The first-order chi connectivity index (χ1) is 33.7. The summed E-state index contributed by atoms with van der Waals surface area (Å²) in [6, 6.07) is -1.02. The molecule has 1 amide bonds. The Kier molecular flexibility index (Phi) is 44.1. The highest BCUT2D eigenvalue weighted by molar-refractivity contribution is 5.80. The smallest absolute Gasteiger partial charge is 0.306 e. The third-order valence-corrected chi connectivity index (χ3v) is 13.6. The fourth-order valence-corrected chi connectivity index (χ4v) is 8.98. The summed E-state index contributed by atoms with van der Waals surface area (Å²) in [6.45, 7) is 5.67. The number of esters is 1. The minimum absolute atomic E-state index is 0.127. The molecular formula is C58H107NO10. The van der Waals surface area contributed by atoms with Gasteiger partial charge in [-0.05, 0) is 51.4 Å². The topological polar surface area (TPSA) is 175 Å². The van der Waals surface area contributed by atoms with Gasteiger partial charge in [-0.25, -0.2) is 0 Å². The van der Waals surface area contributed by atoms with Gasteiger partial charge in [0.15, 0.2) is 12.4 Å². The second-order valence-corrected chi connectivity index (χ2v) is 20.0. The molecule has 0 aromatic carbocycles. The zero-order valence-corrected chi connectivity index (χ0v) is 44.4. The van der Waals surface area contributed by atoms with Gasteiger partial charge < -0.3 is 45.1 Å². The first-order valence-corrected chi connectivity index (χ1v) is 28.8. The molecule has 8 atom stereocenters. The molecule has 0 bridgehead atoms. The summed E-state index contributed by atoms with van der Waals surface area (Å²) in [6.07, 6.45) is 43.3. The van der Waals surface area contributed by atoms with E-state index in [1.54, 1.807) is 6.08 Å². The summed E-state index contributed by atoms with van der Waals surface area (Å²) < 4.78 is 17.6. The Morgan fingerprint density at radius 2 is 1.04 bits per heavy atom. The average Bonchev–Trinajstić information content (AvgIpc) is 3.34. The Morgan fingerprint density at radius 3 is 1.55 bits per heavy atom. The second-order valence-electron chi connectivity index (χ2n) is 20.0. The summed E-state index contributed by atoms with van der Waals surface area (Å²) in [5.41, 5.74) is 0. The lowest BCUT2D eigenvalue weighted by Crippen LogP contribution is -2.61. The van der Waals surface area contributed by atoms with Crippen molar-refractivity contribution in [2.45, 2.75) is 307 Å². The Hall–Kier alpha value is -2.12. The molecule has 1 saturated heterocycles. The number of hydrogen-bond donors (Lipinski definition) is 6. The Bertz CT molecular complexity index is 1260. The van der Waals surface area contributed by atoms with Crippen LogP contribution in [-0.2, 0) is 23.8 Å². The van der Waals surface area contributed by atoms with Crippen LogP contribution in [0.2, 0.25) is 0 Å². The monoisotopic (exact) mass is 978 g/mol. The van der Waals surface area contributed by atoms with Crippen LogP contribution in [0.15, 0.2) is 36.5 Å². The standard InChI is InChI=1S/C58H107NO10/c1-4-7-10-13-16-19-22-25-26-28-31-34-37-40-43-46-53(63)69-56-55(65)54(64)52(47-60)68-58(56)67-48-49(50(61)44-41-38-35-32-29-24-21-18-15-12-9-6-3)59-57(66)51(62)45-42-39-36-33-30-27-23-20-17-14-11-8-5-2/h8,11,17,20,41,44,49-52,54-56,58,60-62,64-65H,4-7,9-10,12-16,18-19,21-40,42-43,45-48H2,1-3H3,(H,59,66)/b11-8+,20-17+,44-41+. The van der Waals surface area contributed by atoms with E-state index in [4.69, 9.17) is 14.2 Å². The van der Waals surface area contributed by atoms with Crippen LogP contribution < -0.4 is 5.32 Å². The zero-order valence-electron chi connectivity index (χ0n) is 44.4. The van der Waals surface area contributed by atoms with Crippen LogP contribution in [0.4, 0.5) is 0 Å². The van der Waals surface area contributed by atoms with Crippen LogP contribution in [0, 0.1) is 0 Å². The predicted octanol–water partition coefficient (Wildman–Crippen LogP) is 12.7. The molecule has 6 N–H and O–H groups in total. The number of carbonyl (C=O) groups is 2. The molecule has 1 heterocycles. The van der Waals surface area contributed by atoms with Crippen LogP contribution in [0.25, 0.3) is 0 Å². The van der Waals surface area contributed by atoms with Crippen molar-refractivity contribution in [2.24, 2.45) is 0 Å². The maximum absolute atomic E-state index is 13.3. The molecular weight excluding hydrogens is 871 g/mol. The van der Waals surface area contributed by atoms with Gasteiger partial charge in [-0.2, -0.15) is 0 Å². The third-order valence-electron chi connectivity index (χ3n) is 13.6. The molecule has 69 heavy (non-hydrogen) atoms. The maximum atomic E-state index is 13.3. The summed E-state index contributed by atoms with van der Waals surface area (Å²) in [5.74, 6) is -1.20. The number of allylic oxidation sites excluding steroid dienone is 5. The van der Waals surface area contributed by atoms with E-state index in [0.29, 0.717) is 12.8 Å². The SMILES string of the molecule is CC/C=C/C/C=C/CCCCCCCCC(O)C(=O)NC(COC1OC(CO)C(O)C(O)C1OC(=O)CCCCCCCCCCCCCCCCC)C(O)/C=C/CCCCCCCCCCCC. The number of aliphatic hydroxyl groups is 5. The minimum atomic E-state index is -1.61. The molecule has 11 nitrogen and oxygen atoms in total. The molecule has 1 aliphatic heterocycles. The van der Waals surface area contributed by atoms with E-state index in [1.807, 2.05) is 6.08 Å². The van der Waals surface area contributed by atoms with Crippen molar-refractivity contribution in [1.29, 1.82) is 0 Å². The molecule has 1 rings (SSSR count). The summed E-state index contributed by atoms with van der Waals surface area (Å²) in [5, 5.41) is 56.8. The molecule has 11 heteroatoms. The van der Waals surface area contributed by atoms with Gasteiger partial charge in [-0.1, -0.05) is 237 Å². The number of aliphatic hydroxyl groups excluding tert-OH is 5. The van der Waals surface area contributed by atoms with Crippen LogP contribution >= 0.6 is 0 Å². The van der Waals surface area contributed by atoms with Crippen molar-refractivity contribution < 1.29 is 49.3 Å². The van der Waals surface area contributed by atoms with Crippen LogP contribution in [0.1, 0.15) is 258 Å². The van der Waals surface area contributed by atoms with Crippen molar-refractivity contribution in [1.82, 2.24) is 5.32 Å². The van der Waals surface area contributed by atoms with Gasteiger partial charge in [0, 0.05) is 6.42 Å². The van der Waals surface area contributed by atoms with Crippen molar-refractivity contribution in [3.8, 4) is 0 Å². The lowest BCUT2D eigenvalue weighted by atomic mass is 9.99. The van der Waals surface area contributed by atoms with Gasteiger partial charge in [0.05, 0.1) is 25.4 Å². The number of hydrogen-bond acceptors (Lipinski definition) is 10. The van der Waals surface area contributed by atoms with Gasteiger partial charge >= 0.3 is 5.97 Å². The highest BCUT2D eigenvalue weighted by atomic mass is 16.7. The van der Waals surface area contributed by atoms with Crippen molar-refractivity contribution in [3.05, 3.63) is 36.5 Å². The maximum Gasteiger partial charge on any atom is 0.306 e. The van der Waals surface area contributed by atoms with Crippen molar-refractivity contribution >= 4 is 11.9 Å².